The number of hydrogen-bond donors (Lipinski definition) is 6. The number of anilines is 3. The maximum absolute atomic E-state index is 13.3. The van der Waals surface area contributed by atoms with Gasteiger partial charge in [0.2, 0.25) is 5.91 Å². The summed E-state index contributed by atoms with van der Waals surface area (Å²) in [7, 11) is 2.79. The number of aliphatic hydroxyl groups is 1. The lowest BCUT2D eigenvalue weighted by Gasteiger charge is -2.37. The topological polar surface area (TPSA) is 168 Å². The molecule has 3 atom stereocenters. The number of halogens is 3. The summed E-state index contributed by atoms with van der Waals surface area (Å²) in [6.07, 6.45) is -7.79. The van der Waals surface area contributed by atoms with Crippen LogP contribution in [0.15, 0.2) is 42.5 Å². The largest absolute Gasteiger partial charge is 0.481 e. The van der Waals surface area contributed by atoms with Crippen molar-refractivity contribution >= 4 is 40.8 Å². The van der Waals surface area contributed by atoms with Gasteiger partial charge in [-0.2, -0.15) is 13.2 Å². The van der Waals surface area contributed by atoms with Gasteiger partial charge in [0.25, 0.3) is 5.91 Å². The van der Waals surface area contributed by atoms with Gasteiger partial charge in [-0.1, -0.05) is 12.1 Å². The lowest BCUT2D eigenvalue weighted by atomic mass is 9.84. The first-order valence-electron chi connectivity index (χ1n) is 10.7. The molecule has 3 unspecified atom stereocenters. The molecule has 37 heavy (non-hydrogen) atoms. The summed E-state index contributed by atoms with van der Waals surface area (Å²) in [5.41, 5.74) is -3.43. The van der Waals surface area contributed by atoms with Crippen molar-refractivity contribution in [2.24, 2.45) is 5.92 Å². The third kappa shape index (κ3) is 5.58. The zero-order chi connectivity index (χ0) is 27.7. The van der Waals surface area contributed by atoms with E-state index in [2.05, 4.69) is 16.0 Å². The highest BCUT2D eigenvalue weighted by Gasteiger charge is 2.54. The minimum atomic E-state index is -4.77. The molecule has 2 amide bonds. The van der Waals surface area contributed by atoms with Gasteiger partial charge in [-0.15, -0.1) is 0 Å². The van der Waals surface area contributed by atoms with E-state index in [1.807, 2.05) is 0 Å². The van der Waals surface area contributed by atoms with E-state index in [1.54, 1.807) is 0 Å². The molecule has 1 aliphatic heterocycles. The first-order chi connectivity index (χ1) is 17.2. The second kappa shape index (κ2) is 9.97. The summed E-state index contributed by atoms with van der Waals surface area (Å²) in [6.45, 7) is 0. The Hall–Kier alpha value is -4.33. The number of benzene rings is 2. The van der Waals surface area contributed by atoms with Crippen LogP contribution in [0.5, 0.6) is 0 Å². The molecule has 0 aromatic heterocycles. The van der Waals surface area contributed by atoms with Crippen LogP contribution < -0.4 is 16.0 Å². The van der Waals surface area contributed by atoms with Crippen LogP contribution in [0.25, 0.3) is 0 Å². The molecule has 0 radical (unpaired) electrons. The molecular formula is C23H23F3N4O7. The summed E-state index contributed by atoms with van der Waals surface area (Å²) in [5.74, 6) is -7.27. The SMILES string of the molecule is CN(C)C(=O)CC1(C(C(=O)O)C(O)C(=O)O)Nc2ccc(NC(=O)c3ccccc3C(F)(F)F)cc2N1. The van der Waals surface area contributed by atoms with Gasteiger partial charge in [0.1, 0.15) is 11.6 Å². The predicted octanol–water partition coefficient (Wildman–Crippen LogP) is 2.12. The number of hydrogen-bond acceptors (Lipinski definition) is 7. The number of carboxylic acids is 2. The molecule has 14 heteroatoms. The standard InChI is InChI=1S/C23H23F3N4O7/c1-30(2)16(31)10-22(17(20(34)35)18(32)21(36)37)28-14-8-7-11(9-15(14)29-22)27-19(33)12-5-3-4-6-13(12)23(24,25)26/h3-9,17-18,28-29,32H,10H2,1-2H3,(H,27,33)(H,34,35)(H,36,37). The molecule has 0 fully saturated rings. The smallest absolute Gasteiger partial charge is 0.417 e. The lowest BCUT2D eigenvalue weighted by Crippen LogP contribution is -2.59. The fourth-order valence-corrected chi connectivity index (χ4v) is 3.98. The fraction of sp³-hybridized carbons (Fsp3) is 0.304. The highest BCUT2D eigenvalue weighted by molar-refractivity contribution is 6.06. The van der Waals surface area contributed by atoms with E-state index >= 15 is 0 Å². The quantitative estimate of drug-likeness (QED) is 0.303. The van der Waals surface area contributed by atoms with Gasteiger partial charge in [-0.05, 0) is 30.3 Å². The molecule has 2 aromatic rings. The molecule has 0 saturated carbocycles. The molecule has 3 rings (SSSR count). The number of aliphatic hydroxyl groups excluding tert-OH is 1. The van der Waals surface area contributed by atoms with Crippen LogP contribution in [0, 0.1) is 5.92 Å². The average molecular weight is 524 g/mol. The van der Waals surface area contributed by atoms with Crippen molar-refractivity contribution in [3.8, 4) is 0 Å². The summed E-state index contributed by atoms with van der Waals surface area (Å²) >= 11 is 0. The molecular weight excluding hydrogens is 501 g/mol. The Morgan fingerprint density at radius 1 is 1.00 bits per heavy atom. The molecule has 1 heterocycles. The second-order valence-electron chi connectivity index (χ2n) is 8.54. The van der Waals surface area contributed by atoms with Crippen LogP contribution in [-0.2, 0) is 20.6 Å². The van der Waals surface area contributed by atoms with E-state index in [-0.39, 0.29) is 17.1 Å². The summed E-state index contributed by atoms with van der Waals surface area (Å²) in [5, 5.41) is 37.1. The minimum absolute atomic E-state index is 0.0235. The number of carboxylic acid groups (broad SMARTS) is 2. The third-order valence-corrected chi connectivity index (χ3v) is 5.76. The number of fused-ring (bicyclic) bond motifs is 1. The Morgan fingerprint density at radius 2 is 1.62 bits per heavy atom. The Balaban J connectivity index is 1.96. The highest BCUT2D eigenvalue weighted by Crippen LogP contribution is 2.42. The predicted molar refractivity (Wildman–Crippen MR) is 124 cm³/mol. The highest BCUT2D eigenvalue weighted by atomic mass is 19.4. The van der Waals surface area contributed by atoms with Crippen LogP contribution in [0.3, 0.4) is 0 Å². The van der Waals surface area contributed by atoms with Gasteiger partial charge in [-0.25, -0.2) is 4.79 Å². The molecule has 0 aliphatic carbocycles. The monoisotopic (exact) mass is 524 g/mol. The van der Waals surface area contributed by atoms with Gasteiger partial charge in [0.05, 0.1) is 28.9 Å². The van der Waals surface area contributed by atoms with Crippen molar-refractivity contribution in [2.45, 2.75) is 24.4 Å². The van der Waals surface area contributed by atoms with Crippen LogP contribution in [-0.4, -0.2) is 69.8 Å². The zero-order valence-corrected chi connectivity index (χ0v) is 19.5. The molecule has 1 aliphatic rings. The van der Waals surface area contributed by atoms with E-state index in [0.29, 0.717) is 0 Å². The van der Waals surface area contributed by atoms with E-state index < -0.39 is 65.2 Å². The molecule has 6 N–H and O–H groups in total. The first kappa shape index (κ1) is 27.3. The zero-order valence-electron chi connectivity index (χ0n) is 19.5. The Labute approximate surface area is 207 Å². The molecule has 2 aromatic carbocycles. The number of amides is 2. The van der Waals surface area contributed by atoms with Crippen LogP contribution in [0.1, 0.15) is 22.3 Å². The van der Waals surface area contributed by atoms with Gasteiger partial charge in [0.15, 0.2) is 6.10 Å². The number of carbonyl (C=O) groups excluding carboxylic acids is 2. The number of carbonyl (C=O) groups is 4. The summed E-state index contributed by atoms with van der Waals surface area (Å²) in [6, 6.07) is 8.12. The molecule has 0 bridgehead atoms. The average Bonchev–Trinajstić information content (AvgIpc) is 3.15. The molecule has 0 saturated heterocycles. The van der Waals surface area contributed by atoms with Gasteiger partial charge >= 0.3 is 18.1 Å². The lowest BCUT2D eigenvalue weighted by molar-refractivity contribution is -0.162. The summed E-state index contributed by atoms with van der Waals surface area (Å²) < 4.78 is 39.9. The first-order valence-corrected chi connectivity index (χ1v) is 10.7. The van der Waals surface area contributed by atoms with Crippen molar-refractivity contribution in [3.05, 3.63) is 53.6 Å². The Kier molecular flexibility index (Phi) is 7.34. The third-order valence-electron chi connectivity index (χ3n) is 5.76. The van der Waals surface area contributed by atoms with E-state index in [1.165, 1.54) is 38.4 Å². The van der Waals surface area contributed by atoms with Crippen LogP contribution >= 0.6 is 0 Å². The van der Waals surface area contributed by atoms with E-state index in [0.717, 1.165) is 23.1 Å². The van der Waals surface area contributed by atoms with Crippen LogP contribution in [0.4, 0.5) is 30.2 Å². The normalized spacial score (nSPS) is 18.0. The van der Waals surface area contributed by atoms with Crippen molar-refractivity contribution in [2.75, 3.05) is 30.0 Å². The van der Waals surface area contributed by atoms with E-state index in [4.69, 9.17) is 0 Å². The number of nitrogens with zero attached hydrogens (tertiary/aromatic N) is 1. The van der Waals surface area contributed by atoms with Gasteiger partial charge < -0.3 is 36.2 Å². The fourth-order valence-electron chi connectivity index (χ4n) is 3.98. The molecule has 198 valence electrons. The molecule has 11 nitrogen and oxygen atoms in total. The Bertz CT molecular complexity index is 1250. The van der Waals surface area contributed by atoms with Gasteiger partial charge in [-0.3, -0.25) is 14.4 Å². The molecule has 0 spiro atoms. The van der Waals surface area contributed by atoms with Crippen LogP contribution in [0.2, 0.25) is 0 Å². The van der Waals surface area contributed by atoms with Gasteiger partial charge in [0, 0.05) is 19.8 Å². The minimum Gasteiger partial charge on any atom is -0.481 e. The number of rotatable bonds is 8. The van der Waals surface area contributed by atoms with Crippen molar-refractivity contribution in [1.29, 1.82) is 0 Å². The van der Waals surface area contributed by atoms with Crippen molar-refractivity contribution < 1.29 is 47.7 Å². The second-order valence-corrected chi connectivity index (χ2v) is 8.54. The van der Waals surface area contributed by atoms with Crippen molar-refractivity contribution in [1.82, 2.24) is 4.90 Å². The Morgan fingerprint density at radius 3 is 2.19 bits per heavy atom. The maximum atomic E-state index is 13.3. The maximum Gasteiger partial charge on any atom is 0.417 e. The number of alkyl halides is 3. The van der Waals surface area contributed by atoms with Crippen molar-refractivity contribution in [3.63, 3.8) is 0 Å². The van der Waals surface area contributed by atoms with E-state index in [9.17, 15) is 47.7 Å². The number of aliphatic carboxylic acids is 2. The number of nitrogens with one attached hydrogen (secondary N) is 3. The summed E-state index contributed by atoms with van der Waals surface area (Å²) in [4.78, 5) is 49.8.